The zero-order valence-corrected chi connectivity index (χ0v) is 40.9. The lowest BCUT2D eigenvalue weighted by Gasteiger charge is -2.54. The highest BCUT2D eigenvalue weighted by molar-refractivity contribution is 6.03. The smallest absolute Gasteiger partial charge is 0.237 e. The second-order valence-corrected chi connectivity index (χ2v) is 21.9. The highest BCUT2D eigenvalue weighted by Gasteiger charge is 2.57. The molecule has 68 heavy (non-hydrogen) atoms. The van der Waals surface area contributed by atoms with Gasteiger partial charge >= 0.3 is 0 Å². The van der Waals surface area contributed by atoms with Crippen LogP contribution in [0.2, 0.25) is 0 Å². The largest absolute Gasteiger partial charge is 0.489 e. The van der Waals surface area contributed by atoms with E-state index in [4.69, 9.17) is 15.2 Å². The third kappa shape index (κ3) is 8.91. The number of carbonyl (C=O) groups is 3. The van der Waals surface area contributed by atoms with E-state index in [1.165, 1.54) is 27.8 Å². The van der Waals surface area contributed by atoms with Crippen LogP contribution in [0.15, 0.2) is 127 Å². The van der Waals surface area contributed by atoms with Crippen LogP contribution in [-0.4, -0.2) is 17.7 Å². The second-order valence-electron chi connectivity index (χ2n) is 21.9. The van der Waals surface area contributed by atoms with Crippen LogP contribution in [0.25, 0.3) is 0 Å². The van der Waals surface area contributed by atoms with Crippen LogP contribution < -0.4 is 20.5 Å². The van der Waals surface area contributed by atoms with Crippen LogP contribution in [0.3, 0.4) is 0 Å². The van der Waals surface area contributed by atoms with Crippen molar-refractivity contribution in [2.24, 2.45) is 28.4 Å². The number of benzene rings is 5. The highest BCUT2D eigenvalue weighted by Crippen LogP contribution is 2.59. The number of amides is 3. The predicted octanol–water partition coefficient (Wildman–Crippen LogP) is 12.6. The molecule has 10 rings (SSSR count). The molecule has 3 N–H and O–H groups in total. The lowest BCUT2D eigenvalue weighted by molar-refractivity contribution is -0.145. The van der Waals surface area contributed by atoms with Gasteiger partial charge in [0, 0.05) is 5.41 Å². The van der Waals surface area contributed by atoms with Gasteiger partial charge in [-0.25, -0.2) is 0 Å². The maximum Gasteiger partial charge on any atom is 0.237 e. The molecular weight excluding hydrogens is 841 g/mol. The second kappa shape index (κ2) is 19.4. The summed E-state index contributed by atoms with van der Waals surface area (Å²) < 4.78 is 12.3. The van der Waals surface area contributed by atoms with Crippen LogP contribution in [0.4, 0.5) is 0 Å². The minimum Gasteiger partial charge on any atom is -0.489 e. The van der Waals surface area contributed by atoms with E-state index in [0.717, 1.165) is 119 Å². The van der Waals surface area contributed by atoms with Crippen molar-refractivity contribution in [3.05, 3.63) is 166 Å². The number of aryl methyl sites for hydroxylation is 2. The van der Waals surface area contributed by atoms with Crippen molar-refractivity contribution in [1.82, 2.24) is 5.32 Å². The van der Waals surface area contributed by atoms with E-state index >= 15 is 0 Å². The van der Waals surface area contributed by atoms with E-state index in [9.17, 15) is 14.4 Å². The Morgan fingerprint density at radius 1 is 0.529 bits per heavy atom. The number of primary amides is 1. The zero-order chi connectivity index (χ0) is 47.6. The first-order chi connectivity index (χ1) is 32.8. The van der Waals surface area contributed by atoms with Gasteiger partial charge in [0.2, 0.25) is 17.7 Å². The molecule has 5 aromatic rings. The summed E-state index contributed by atoms with van der Waals surface area (Å²) in [6, 6.07) is 43.7. The molecule has 0 aromatic heterocycles. The van der Waals surface area contributed by atoms with Crippen LogP contribution >= 0.6 is 0 Å². The Kier molecular flexibility index (Phi) is 13.5. The predicted molar refractivity (Wildman–Crippen MR) is 270 cm³/mol. The molecule has 3 fully saturated rings. The van der Waals surface area contributed by atoms with Gasteiger partial charge in [0.15, 0.2) is 0 Å². The van der Waals surface area contributed by atoms with Crippen molar-refractivity contribution in [1.29, 1.82) is 0 Å². The van der Waals surface area contributed by atoms with Gasteiger partial charge in [-0.05, 0) is 150 Å². The molecule has 0 aliphatic heterocycles. The third-order valence-corrected chi connectivity index (χ3v) is 17.9. The fourth-order valence-electron chi connectivity index (χ4n) is 14.0. The first-order valence-corrected chi connectivity index (χ1v) is 25.6. The average Bonchev–Trinajstić information content (AvgIpc) is 3.36. The van der Waals surface area contributed by atoms with Gasteiger partial charge < -0.3 is 15.2 Å². The van der Waals surface area contributed by atoms with E-state index in [0.29, 0.717) is 19.1 Å². The summed E-state index contributed by atoms with van der Waals surface area (Å²) in [4.78, 5) is 40.6. The van der Waals surface area contributed by atoms with E-state index in [1.807, 2.05) is 54.6 Å². The Hall–Kier alpha value is -5.69. The molecule has 356 valence electrons. The molecule has 0 bridgehead atoms. The highest BCUT2D eigenvalue weighted by atomic mass is 16.5. The normalized spacial score (nSPS) is 27.8. The summed E-state index contributed by atoms with van der Waals surface area (Å²) in [5.74, 6) is 1.92. The molecule has 3 saturated carbocycles. The summed E-state index contributed by atoms with van der Waals surface area (Å²) in [5, 5.41) is 3.02. The first-order valence-electron chi connectivity index (χ1n) is 25.6. The number of hydrogen-bond acceptors (Lipinski definition) is 5. The SMILES string of the molecule is C[C@]1(C(=O)NC(=O)C2(c3ccccc3)CCCCC2)CCC[C@]2(C)c3cc(OCc4ccccc4)ccc3CC[C@@H]12.C[C@]1(C(N)=O)CCC[C@]2(C)c3cc(OCc4ccccc4)ccc3CC[C@@H]12. The van der Waals surface area contributed by atoms with Gasteiger partial charge in [0.1, 0.15) is 24.7 Å². The molecule has 3 amide bonds. The quantitative estimate of drug-likeness (QED) is 0.136. The summed E-state index contributed by atoms with van der Waals surface area (Å²) in [6.45, 7) is 9.98. The van der Waals surface area contributed by atoms with Gasteiger partial charge in [-0.3, -0.25) is 19.7 Å². The molecule has 5 aliphatic rings. The maximum atomic E-state index is 14.2. The van der Waals surface area contributed by atoms with Gasteiger partial charge in [0.05, 0.1) is 10.8 Å². The van der Waals surface area contributed by atoms with Crippen LogP contribution in [0.5, 0.6) is 11.5 Å². The summed E-state index contributed by atoms with van der Waals surface area (Å²) in [7, 11) is 0. The van der Waals surface area contributed by atoms with E-state index in [1.54, 1.807) is 0 Å². The zero-order valence-electron chi connectivity index (χ0n) is 40.9. The Balaban J connectivity index is 0.000000185. The monoisotopic (exact) mass is 913 g/mol. The number of nitrogens with two attached hydrogens (primary N) is 1. The summed E-state index contributed by atoms with van der Waals surface area (Å²) in [6.07, 6.45) is 14.6. The Morgan fingerprint density at radius 2 is 0.985 bits per heavy atom. The van der Waals surface area contributed by atoms with Gasteiger partial charge in [-0.1, -0.05) is 163 Å². The van der Waals surface area contributed by atoms with E-state index < -0.39 is 16.2 Å². The molecule has 0 unspecified atom stereocenters. The molecule has 0 saturated heterocycles. The lowest BCUT2D eigenvalue weighted by atomic mass is 9.49. The lowest BCUT2D eigenvalue weighted by Crippen LogP contribution is -2.58. The molecule has 7 nitrogen and oxygen atoms in total. The number of carbonyl (C=O) groups excluding carboxylic acids is 3. The van der Waals surface area contributed by atoms with Crippen LogP contribution in [0.1, 0.15) is 150 Å². The minimum absolute atomic E-state index is 0.0122. The van der Waals surface area contributed by atoms with Crippen molar-refractivity contribution < 1.29 is 23.9 Å². The van der Waals surface area contributed by atoms with Gasteiger partial charge in [-0.15, -0.1) is 0 Å². The maximum absolute atomic E-state index is 14.2. The van der Waals surface area contributed by atoms with Crippen LogP contribution in [0, 0.1) is 22.7 Å². The number of ether oxygens (including phenoxy) is 2. The van der Waals surface area contributed by atoms with Gasteiger partial charge in [-0.2, -0.15) is 0 Å². The van der Waals surface area contributed by atoms with Crippen LogP contribution in [-0.2, 0) is 56.7 Å². The fraction of sp³-hybridized carbons (Fsp3) is 0.459. The number of rotatable bonds is 10. The minimum atomic E-state index is -0.617. The van der Waals surface area contributed by atoms with Crippen molar-refractivity contribution in [3.8, 4) is 11.5 Å². The first kappa shape index (κ1) is 47.4. The molecule has 6 atom stereocenters. The molecule has 0 spiro atoms. The summed E-state index contributed by atoms with van der Waals surface area (Å²) >= 11 is 0. The number of fused-ring (bicyclic) bond motifs is 6. The number of imide groups is 1. The average molecular weight is 913 g/mol. The van der Waals surface area contributed by atoms with E-state index in [-0.39, 0.29) is 34.5 Å². The number of nitrogens with one attached hydrogen (secondary N) is 1. The van der Waals surface area contributed by atoms with E-state index in [2.05, 4.69) is 106 Å². The van der Waals surface area contributed by atoms with Crippen molar-refractivity contribution >= 4 is 17.7 Å². The van der Waals surface area contributed by atoms with Crippen molar-refractivity contribution in [2.45, 2.75) is 153 Å². The molecule has 5 aromatic carbocycles. The Morgan fingerprint density at radius 3 is 1.47 bits per heavy atom. The molecular formula is C61H72N2O5. The molecule has 7 heteroatoms. The molecule has 0 heterocycles. The standard InChI is InChI=1S/C37H43NO3.C24H29NO2/c1-35-21-12-22-36(2,33(39)38-34(40)37(23-10-5-11-24-37)29-15-8-4-9-16-29)32(35)20-18-28-17-19-30(25-31(28)35)41-26-27-13-6-3-7-14-27;1-23-13-6-14-24(2,22(25)26)21(23)12-10-18-9-11-19(15-20(18)23)27-16-17-7-4-3-5-8-17/h3-4,6-9,13-17,19,25,32H,5,10-12,18,20-24,26H2,1-2H3,(H,38,39,40);3-5,7-9,11,15,21H,6,10,12-14,16H2,1-2H3,(H2,25,26)/t32-,35-,36+;21-,23-,24+/m11/s1. The van der Waals surface area contributed by atoms with Crippen molar-refractivity contribution in [3.63, 3.8) is 0 Å². The van der Waals surface area contributed by atoms with Gasteiger partial charge in [0.25, 0.3) is 0 Å². The number of hydrogen-bond donors (Lipinski definition) is 2. The topological polar surface area (TPSA) is 108 Å². The fourth-order valence-corrected chi connectivity index (χ4v) is 14.0. The Labute approximate surface area is 405 Å². The molecule has 0 radical (unpaired) electrons. The molecule has 5 aliphatic carbocycles. The van der Waals surface area contributed by atoms with Crippen molar-refractivity contribution in [2.75, 3.05) is 0 Å². The Bertz CT molecular complexity index is 2590. The third-order valence-electron chi connectivity index (χ3n) is 17.9. The summed E-state index contributed by atoms with van der Waals surface area (Å²) in [5.41, 5.74) is 12.9.